The lowest BCUT2D eigenvalue weighted by Gasteiger charge is -2.25. The van der Waals surface area contributed by atoms with Crippen molar-refractivity contribution in [2.75, 3.05) is 26.9 Å². The van der Waals surface area contributed by atoms with E-state index < -0.39 is 0 Å². The number of carbonyl (C=O) groups excluding carboxylic acids is 1. The molecule has 2 aromatic rings. The lowest BCUT2D eigenvalue weighted by Crippen LogP contribution is -2.28. The molecule has 0 aliphatic carbocycles. The Bertz CT molecular complexity index is 675. The number of ether oxygens (including phenoxy) is 2. The average molecular weight is 326 g/mol. The maximum absolute atomic E-state index is 12.0. The third-order valence-electron chi connectivity index (χ3n) is 4.00. The Labute approximate surface area is 142 Å². The summed E-state index contributed by atoms with van der Waals surface area (Å²) in [5, 5.41) is 3.05. The Kier molecular flexibility index (Phi) is 5.46. The van der Waals surface area contributed by atoms with E-state index in [-0.39, 0.29) is 12.1 Å². The maximum atomic E-state index is 12.0. The summed E-state index contributed by atoms with van der Waals surface area (Å²) in [4.78, 5) is 14.1. The van der Waals surface area contributed by atoms with Crippen LogP contribution in [-0.4, -0.2) is 37.7 Å². The van der Waals surface area contributed by atoms with Gasteiger partial charge in [-0.3, -0.25) is 9.69 Å². The summed E-state index contributed by atoms with van der Waals surface area (Å²) < 4.78 is 10.9. The van der Waals surface area contributed by atoms with Gasteiger partial charge in [-0.05, 0) is 11.6 Å². The Hall–Kier alpha value is -2.37. The second-order valence-corrected chi connectivity index (χ2v) is 5.74. The number of para-hydroxylation sites is 1. The van der Waals surface area contributed by atoms with Gasteiger partial charge in [-0.1, -0.05) is 48.5 Å². The highest BCUT2D eigenvalue weighted by molar-refractivity contribution is 5.80. The van der Waals surface area contributed by atoms with Crippen molar-refractivity contribution in [1.29, 1.82) is 0 Å². The van der Waals surface area contributed by atoms with Gasteiger partial charge in [0.2, 0.25) is 5.91 Å². The van der Waals surface area contributed by atoms with E-state index in [1.807, 2.05) is 42.5 Å². The molecule has 1 aliphatic heterocycles. The Balaban J connectivity index is 1.80. The highest BCUT2D eigenvalue weighted by Gasteiger charge is 2.32. The number of nitrogens with one attached hydrogen (secondary N) is 1. The largest absolute Gasteiger partial charge is 0.491 e. The summed E-state index contributed by atoms with van der Waals surface area (Å²) in [6.07, 6.45) is -0.184. The summed E-state index contributed by atoms with van der Waals surface area (Å²) >= 11 is 0. The van der Waals surface area contributed by atoms with Crippen LogP contribution in [0.5, 0.6) is 5.75 Å². The number of hydrogen-bond donors (Lipinski definition) is 1. The molecular weight excluding hydrogens is 304 g/mol. The van der Waals surface area contributed by atoms with E-state index in [2.05, 4.69) is 22.3 Å². The molecule has 0 spiro atoms. The van der Waals surface area contributed by atoms with Crippen LogP contribution in [0.1, 0.15) is 17.3 Å². The summed E-state index contributed by atoms with van der Waals surface area (Å²) in [5.74, 6) is 0.808. The number of carbonyl (C=O) groups is 1. The van der Waals surface area contributed by atoms with Crippen molar-refractivity contribution >= 4 is 5.91 Å². The van der Waals surface area contributed by atoms with Crippen molar-refractivity contribution in [2.24, 2.45) is 0 Å². The molecule has 126 valence electrons. The van der Waals surface area contributed by atoms with E-state index in [4.69, 9.17) is 9.47 Å². The minimum Gasteiger partial charge on any atom is -0.491 e. The Morgan fingerprint density at radius 3 is 2.62 bits per heavy atom. The van der Waals surface area contributed by atoms with Crippen LogP contribution >= 0.6 is 0 Å². The van der Waals surface area contributed by atoms with Crippen LogP contribution in [-0.2, 0) is 16.1 Å². The quantitative estimate of drug-likeness (QED) is 0.794. The molecule has 0 bridgehead atoms. The van der Waals surface area contributed by atoms with Gasteiger partial charge in [0.05, 0.1) is 13.2 Å². The molecule has 1 amide bonds. The van der Waals surface area contributed by atoms with Crippen LogP contribution in [0, 0.1) is 0 Å². The molecule has 5 nitrogen and oxygen atoms in total. The standard InChI is InChI=1S/C19H22N2O3/c1-23-11-12-24-17-10-6-5-9-16(17)19-20-18(22)14-21(19)13-15-7-3-2-4-8-15/h2-10,19H,11-14H2,1H3,(H,20,22)/t19-/m1/s1. The first-order valence-corrected chi connectivity index (χ1v) is 8.06. The number of nitrogens with zero attached hydrogens (tertiary/aromatic N) is 1. The van der Waals surface area contributed by atoms with Crippen molar-refractivity contribution in [3.63, 3.8) is 0 Å². The van der Waals surface area contributed by atoms with Crippen LogP contribution in [0.3, 0.4) is 0 Å². The van der Waals surface area contributed by atoms with Crippen LogP contribution in [0.4, 0.5) is 0 Å². The van der Waals surface area contributed by atoms with Crippen molar-refractivity contribution in [1.82, 2.24) is 10.2 Å². The lowest BCUT2D eigenvalue weighted by atomic mass is 10.1. The highest BCUT2D eigenvalue weighted by atomic mass is 16.5. The molecule has 24 heavy (non-hydrogen) atoms. The average Bonchev–Trinajstić information content (AvgIpc) is 2.96. The zero-order valence-corrected chi connectivity index (χ0v) is 13.8. The fourth-order valence-electron chi connectivity index (χ4n) is 2.88. The summed E-state index contributed by atoms with van der Waals surface area (Å²) in [6.45, 7) is 2.09. The molecule has 0 saturated carbocycles. The summed E-state index contributed by atoms with van der Waals surface area (Å²) in [5.41, 5.74) is 2.15. The third-order valence-corrected chi connectivity index (χ3v) is 4.00. The molecular formula is C19H22N2O3. The van der Waals surface area contributed by atoms with Crippen LogP contribution < -0.4 is 10.1 Å². The SMILES string of the molecule is COCCOc1ccccc1[C@@H]1NC(=O)CN1Cc1ccccc1. The first-order chi connectivity index (χ1) is 11.8. The van der Waals surface area contributed by atoms with E-state index >= 15 is 0 Å². The van der Waals surface area contributed by atoms with Crippen molar-refractivity contribution in [3.8, 4) is 5.75 Å². The van der Waals surface area contributed by atoms with E-state index in [1.54, 1.807) is 7.11 Å². The van der Waals surface area contributed by atoms with Gasteiger partial charge in [0.25, 0.3) is 0 Å². The molecule has 1 N–H and O–H groups in total. The first kappa shape index (κ1) is 16.5. The number of rotatable bonds is 7. The predicted molar refractivity (Wildman–Crippen MR) is 91.5 cm³/mol. The molecule has 3 rings (SSSR count). The van der Waals surface area contributed by atoms with Gasteiger partial charge in [0, 0.05) is 19.2 Å². The van der Waals surface area contributed by atoms with E-state index in [1.165, 1.54) is 5.56 Å². The van der Waals surface area contributed by atoms with Crippen molar-refractivity contribution in [2.45, 2.75) is 12.7 Å². The molecule has 0 aromatic heterocycles. The smallest absolute Gasteiger partial charge is 0.235 e. The fraction of sp³-hybridized carbons (Fsp3) is 0.316. The van der Waals surface area contributed by atoms with Crippen molar-refractivity contribution < 1.29 is 14.3 Å². The highest BCUT2D eigenvalue weighted by Crippen LogP contribution is 2.31. The molecule has 1 aliphatic rings. The lowest BCUT2D eigenvalue weighted by molar-refractivity contribution is -0.118. The molecule has 1 heterocycles. The summed E-state index contributed by atoms with van der Waals surface area (Å²) in [6, 6.07) is 18.0. The van der Waals surface area contributed by atoms with Gasteiger partial charge in [-0.15, -0.1) is 0 Å². The zero-order valence-electron chi connectivity index (χ0n) is 13.8. The normalized spacial score (nSPS) is 17.7. The predicted octanol–water partition coefficient (Wildman–Crippen LogP) is 2.34. The van der Waals surface area contributed by atoms with Gasteiger partial charge in [0.15, 0.2) is 0 Å². The van der Waals surface area contributed by atoms with Gasteiger partial charge < -0.3 is 14.8 Å². The molecule has 0 radical (unpaired) electrons. The number of methoxy groups -OCH3 is 1. The molecule has 5 heteroatoms. The molecule has 1 saturated heterocycles. The Morgan fingerprint density at radius 2 is 1.83 bits per heavy atom. The van der Waals surface area contributed by atoms with E-state index in [0.717, 1.165) is 11.3 Å². The zero-order chi connectivity index (χ0) is 16.8. The monoisotopic (exact) mass is 326 g/mol. The van der Waals surface area contributed by atoms with Crippen molar-refractivity contribution in [3.05, 3.63) is 65.7 Å². The second-order valence-electron chi connectivity index (χ2n) is 5.74. The van der Waals surface area contributed by atoms with Gasteiger partial charge in [-0.2, -0.15) is 0 Å². The molecule has 1 fully saturated rings. The first-order valence-electron chi connectivity index (χ1n) is 8.06. The van der Waals surface area contributed by atoms with Crippen LogP contribution in [0.15, 0.2) is 54.6 Å². The topological polar surface area (TPSA) is 50.8 Å². The minimum absolute atomic E-state index is 0.0302. The minimum atomic E-state index is -0.184. The molecule has 0 unspecified atom stereocenters. The fourth-order valence-corrected chi connectivity index (χ4v) is 2.88. The van der Waals surface area contributed by atoms with Crippen LogP contribution in [0.2, 0.25) is 0 Å². The van der Waals surface area contributed by atoms with Gasteiger partial charge in [0.1, 0.15) is 18.5 Å². The molecule has 2 aromatic carbocycles. The maximum Gasteiger partial charge on any atom is 0.235 e. The van der Waals surface area contributed by atoms with Gasteiger partial charge >= 0.3 is 0 Å². The second kappa shape index (κ2) is 7.95. The third kappa shape index (κ3) is 3.93. The molecule has 1 atom stereocenters. The van der Waals surface area contributed by atoms with E-state index in [0.29, 0.717) is 26.3 Å². The number of amides is 1. The van der Waals surface area contributed by atoms with Gasteiger partial charge in [-0.25, -0.2) is 0 Å². The summed E-state index contributed by atoms with van der Waals surface area (Å²) in [7, 11) is 1.65. The number of benzene rings is 2. The van der Waals surface area contributed by atoms with Crippen LogP contribution in [0.25, 0.3) is 0 Å². The number of hydrogen-bond acceptors (Lipinski definition) is 4. The Morgan fingerprint density at radius 1 is 1.08 bits per heavy atom. The van der Waals surface area contributed by atoms with E-state index in [9.17, 15) is 4.79 Å².